The van der Waals surface area contributed by atoms with Crippen LogP contribution in [0, 0.1) is 5.92 Å². The zero-order valence-corrected chi connectivity index (χ0v) is 24.3. The standard InChI is InChI=1S/C33H40N4O4/c1-23(41-33(2,3)4)35-16-18-37(19-17-35)32(40)30(38)28-22-34-29-11-10-26(21-27(28)29)31(39)36-14-12-25(13-15-36)20-24-8-6-5-7-9-24/h5-11,21-22,25,34H,1,12-20H2,2-4H3. The number of ether oxygens (including phenoxy) is 1. The smallest absolute Gasteiger partial charge is 0.295 e. The van der Waals surface area contributed by atoms with Gasteiger partial charge in [0.1, 0.15) is 5.60 Å². The molecular weight excluding hydrogens is 516 g/mol. The van der Waals surface area contributed by atoms with Crippen LogP contribution in [0.5, 0.6) is 0 Å². The van der Waals surface area contributed by atoms with E-state index in [1.807, 2.05) is 42.7 Å². The van der Waals surface area contributed by atoms with Crippen LogP contribution in [0.2, 0.25) is 0 Å². The van der Waals surface area contributed by atoms with Gasteiger partial charge in [-0.05, 0) is 76.3 Å². The highest BCUT2D eigenvalue weighted by atomic mass is 16.5. The summed E-state index contributed by atoms with van der Waals surface area (Å²) in [5.41, 5.74) is 2.53. The number of nitrogens with one attached hydrogen (secondary N) is 1. The van der Waals surface area contributed by atoms with Crippen LogP contribution in [-0.2, 0) is 16.0 Å². The summed E-state index contributed by atoms with van der Waals surface area (Å²) in [5, 5.41) is 0.596. The highest BCUT2D eigenvalue weighted by Gasteiger charge is 2.30. The SMILES string of the molecule is C=C(OC(C)(C)C)N1CCN(C(=O)C(=O)c2c[nH]c3ccc(C(=O)N4CCC(Cc5ccccc5)CC4)cc23)CC1. The Balaban J connectivity index is 1.21. The molecule has 2 aliphatic heterocycles. The fourth-order valence-electron chi connectivity index (χ4n) is 5.75. The predicted molar refractivity (Wildman–Crippen MR) is 160 cm³/mol. The van der Waals surface area contributed by atoms with E-state index < -0.39 is 11.7 Å². The molecule has 2 aliphatic rings. The topological polar surface area (TPSA) is 86.0 Å². The van der Waals surface area contributed by atoms with Gasteiger partial charge in [0.25, 0.3) is 17.6 Å². The number of carbonyl (C=O) groups is 3. The number of ketones is 1. The zero-order chi connectivity index (χ0) is 29.1. The molecule has 0 radical (unpaired) electrons. The van der Waals surface area contributed by atoms with E-state index >= 15 is 0 Å². The Bertz CT molecular complexity index is 1420. The first-order valence-corrected chi connectivity index (χ1v) is 14.5. The lowest BCUT2D eigenvalue weighted by atomic mass is 9.90. The van der Waals surface area contributed by atoms with Crippen molar-refractivity contribution in [3.05, 3.63) is 83.9 Å². The first-order valence-electron chi connectivity index (χ1n) is 14.5. The van der Waals surface area contributed by atoms with Crippen molar-refractivity contribution in [2.24, 2.45) is 5.92 Å². The molecule has 0 unspecified atom stereocenters. The number of Topliss-reactive ketones (excluding diaryl/α,β-unsaturated/α-hetero) is 1. The summed E-state index contributed by atoms with van der Waals surface area (Å²) >= 11 is 0. The van der Waals surface area contributed by atoms with Crippen molar-refractivity contribution in [3.8, 4) is 0 Å². The molecule has 8 nitrogen and oxygen atoms in total. The van der Waals surface area contributed by atoms with Crippen molar-refractivity contribution in [3.63, 3.8) is 0 Å². The molecule has 0 atom stereocenters. The number of hydrogen-bond donors (Lipinski definition) is 1. The van der Waals surface area contributed by atoms with E-state index in [4.69, 9.17) is 4.74 Å². The summed E-state index contributed by atoms with van der Waals surface area (Å²) in [5.74, 6) is -0.00399. The maximum atomic E-state index is 13.4. The van der Waals surface area contributed by atoms with Gasteiger partial charge in [-0.25, -0.2) is 0 Å². The summed E-state index contributed by atoms with van der Waals surface area (Å²) in [4.78, 5) is 48.5. The summed E-state index contributed by atoms with van der Waals surface area (Å²) in [6.45, 7) is 13.2. The average Bonchev–Trinajstić information content (AvgIpc) is 3.39. The fourth-order valence-corrected chi connectivity index (χ4v) is 5.75. The lowest BCUT2D eigenvalue weighted by molar-refractivity contribution is -0.128. The first kappa shape index (κ1) is 28.5. The maximum Gasteiger partial charge on any atom is 0.295 e. The number of likely N-dealkylation sites (tertiary alicyclic amines) is 1. The molecule has 2 saturated heterocycles. The number of H-pyrrole nitrogens is 1. The third-order valence-corrected chi connectivity index (χ3v) is 7.98. The molecule has 3 heterocycles. The second-order valence-electron chi connectivity index (χ2n) is 12.1. The Morgan fingerprint density at radius 2 is 1.56 bits per heavy atom. The van der Waals surface area contributed by atoms with E-state index in [-0.39, 0.29) is 11.5 Å². The van der Waals surface area contributed by atoms with E-state index in [1.54, 1.807) is 23.2 Å². The molecule has 0 spiro atoms. The Morgan fingerprint density at radius 1 is 0.902 bits per heavy atom. The second-order valence-corrected chi connectivity index (χ2v) is 12.1. The fraction of sp³-hybridized carbons (Fsp3) is 0.424. The van der Waals surface area contributed by atoms with E-state index in [0.29, 0.717) is 67.6 Å². The molecule has 3 aromatic rings. The van der Waals surface area contributed by atoms with Gasteiger partial charge in [-0.15, -0.1) is 0 Å². The summed E-state index contributed by atoms with van der Waals surface area (Å²) in [6.07, 6.45) is 4.54. The molecule has 2 amide bonds. The number of carbonyl (C=O) groups excluding carboxylic acids is 3. The molecule has 2 aromatic carbocycles. The maximum absolute atomic E-state index is 13.4. The van der Waals surface area contributed by atoms with Gasteiger partial charge in [-0.2, -0.15) is 0 Å². The highest BCUT2D eigenvalue weighted by Crippen LogP contribution is 2.26. The third-order valence-electron chi connectivity index (χ3n) is 7.98. The number of aromatic amines is 1. The lowest BCUT2D eigenvalue weighted by Crippen LogP contribution is -2.50. The van der Waals surface area contributed by atoms with Gasteiger partial charge in [-0.3, -0.25) is 14.4 Å². The number of piperazine rings is 1. The van der Waals surface area contributed by atoms with Crippen molar-refractivity contribution in [1.29, 1.82) is 0 Å². The number of fused-ring (bicyclic) bond motifs is 1. The van der Waals surface area contributed by atoms with Crippen LogP contribution in [0.25, 0.3) is 10.9 Å². The number of piperidine rings is 1. The van der Waals surface area contributed by atoms with Crippen LogP contribution in [-0.4, -0.2) is 82.2 Å². The van der Waals surface area contributed by atoms with Crippen molar-refractivity contribution in [1.82, 2.24) is 19.7 Å². The van der Waals surface area contributed by atoms with E-state index in [1.165, 1.54) is 5.56 Å². The molecule has 1 N–H and O–H groups in total. The van der Waals surface area contributed by atoms with Crippen molar-refractivity contribution in [2.45, 2.75) is 45.6 Å². The molecule has 0 bridgehead atoms. The monoisotopic (exact) mass is 556 g/mol. The van der Waals surface area contributed by atoms with Crippen molar-refractivity contribution >= 4 is 28.5 Å². The van der Waals surface area contributed by atoms with Gasteiger partial charge in [0.2, 0.25) is 0 Å². The van der Waals surface area contributed by atoms with Crippen LogP contribution in [0.1, 0.15) is 59.9 Å². The summed E-state index contributed by atoms with van der Waals surface area (Å²) < 4.78 is 5.86. The molecular formula is C33H40N4O4. The first-order chi connectivity index (χ1) is 19.6. The molecule has 5 rings (SSSR count). The Hall–Kier alpha value is -4.07. The summed E-state index contributed by atoms with van der Waals surface area (Å²) in [7, 11) is 0. The normalized spacial score (nSPS) is 16.6. The number of benzene rings is 2. The number of aromatic nitrogens is 1. The van der Waals surface area contributed by atoms with Gasteiger partial charge in [0.15, 0.2) is 5.88 Å². The summed E-state index contributed by atoms with van der Waals surface area (Å²) in [6, 6.07) is 15.8. The average molecular weight is 557 g/mol. The van der Waals surface area contributed by atoms with Crippen LogP contribution in [0.15, 0.2) is 67.2 Å². The van der Waals surface area contributed by atoms with Crippen LogP contribution < -0.4 is 0 Å². The molecule has 41 heavy (non-hydrogen) atoms. The minimum absolute atomic E-state index is 0.0372. The zero-order valence-electron chi connectivity index (χ0n) is 24.3. The van der Waals surface area contributed by atoms with E-state index in [0.717, 1.165) is 24.8 Å². The molecule has 216 valence electrons. The van der Waals surface area contributed by atoms with Crippen molar-refractivity contribution < 1.29 is 19.1 Å². The van der Waals surface area contributed by atoms with Gasteiger partial charge in [0.05, 0.1) is 5.56 Å². The third kappa shape index (κ3) is 6.64. The molecule has 2 fully saturated rings. The van der Waals surface area contributed by atoms with Crippen molar-refractivity contribution in [2.75, 3.05) is 39.3 Å². The Kier molecular flexibility index (Phi) is 8.20. The van der Waals surface area contributed by atoms with Gasteiger partial charge < -0.3 is 24.4 Å². The Morgan fingerprint density at radius 3 is 2.22 bits per heavy atom. The quantitative estimate of drug-likeness (QED) is 0.255. The predicted octanol–water partition coefficient (Wildman–Crippen LogP) is 4.88. The van der Waals surface area contributed by atoms with Crippen LogP contribution in [0.3, 0.4) is 0 Å². The second kappa shape index (κ2) is 11.8. The lowest BCUT2D eigenvalue weighted by Gasteiger charge is -2.38. The Labute approximate surface area is 241 Å². The van der Waals surface area contributed by atoms with E-state index in [9.17, 15) is 14.4 Å². The largest absolute Gasteiger partial charge is 0.474 e. The number of rotatable bonds is 7. The minimum atomic E-state index is -0.569. The van der Waals surface area contributed by atoms with Gasteiger partial charge in [0, 0.05) is 61.9 Å². The molecule has 0 saturated carbocycles. The van der Waals surface area contributed by atoms with Crippen LogP contribution in [0.4, 0.5) is 0 Å². The number of hydrogen-bond acceptors (Lipinski definition) is 5. The molecule has 1 aromatic heterocycles. The van der Waals surface area contributed by atoms with Gasteiger partial charge >= 0.3 is 0 Å². The molecule has 0 aliphatic carbocycles. The highest BCUT2D eigenvalue weighted by molar-refractivity contribution is 6.45. The minimum Gasteiger partial charge on any atom is -0.474 e. The van der Waals surface area contributed by atoms with Gasteiger partial charge in [-0.1, -0.05) is 30.3 Å². The number of nitrogens with zero attached hydrogens (tertiary/aromatic N) is 3. The molecule has 8 heteroatoms. The number of amides is 2. The van der Waals surface area contributed by atoms with E-state index in [2.05, 4.69) is 35.8 Å². The van der Waals surface area contributed by atoms with Crippen LogP contribution >= 0.6 is 0 Å².